The molecule has 4 rings (SSSR count). The van der Waals surface area contributed by atoms with Gasteiger partial charge in [0.2, 0.25) is 15.9 Å². The smallest absolute Gasteiger partial charge is 0.248 e. The summed E-state index contributed by atoms with van der Waals surface area (Å²) in [6.07, 6.45) is 4.35. The van der Waals surface area contributed by atoms with Crippen LogP contribution in [0.2, 0.25) is 5.02 Å². The number of carbonyl (C=O) groups excluding carboxylic acids is 1. The van der Waals surface area contributed by atoms with Crippen LogP contribution in [0.15, 0.2) is 51.2 Å². The van der Waals surface area contributed by atoms with Gasteiger partial charge in [-0.25, -0.2) is 8.42 Å². The Hall–Kier alpha value is -2.46. The van der Waals surface area contributed by atoms with E-state index in [4.69, 9.17) is 16.1 Å². The van der Waals surface area contributed by atoms with Gasteiger partial charge >= 0.3 is 0 Å². The summed E-state index contributed by atoms with van der Waals surface area (Å²) in [5.74, 6) is -0.0861. The molecule has 1 aliphatic heterocycles. The maximum absolute atomic E-state index is 13.3. The second-order valence-electron chi connectivity index (χ2n) is 7.83. The first kappa shape index (κ1) is 23.7. The summed E-state index contributed by atoms with van der Waals surface area (Å²) in [4.78, 5) is 13.7. The third-order valence-electron chi connectivity index (χ3n) is 5.58. The highest BCUT2D eigenvalue weighted by molar-refractivity contribution is 7.89. The van der Waals surface area contributed by atoms with Crippen molar-refractivity contribution in [2.75, 3.05) is 13.1 Å². The van der Waals surface area contributed by atoms with Crippen molar-refractivity contribution >= 4 is 51.0 Å². The van der Waals surface area contributed by atoms with Crippen LogP contribution in [-0.4, -0.2) is 36.9 Å². The molecule has 0 bridgehead atoms. The van der Waals surface area contributed by atoms with E-state index in [0.29, 0.717) is 30.1 Å². The first-order chi connectivity index (χ1) is 15.8. The van der Waals surface area contributed by atoms with Crippen LogP contribution in [0.3, 0.4) is 0 Å². The van der Waals surface area contributed by atoms with E-state index in [1.54, 1.807) is 42.5 Å². The van der Waals surface area contributed by atoms with Gasteiger partial charge in [0.15, 0.2) is 10.7 Å². The molecule has 33 heavy (non-hydrogen) atoms. The van der Waals surface area contributed by atoms with Gasteiger partial charge in [0.25, 0.3) is 0 Å². The molecule has 0 unspecified atom stereocenters. The van der Waals surface area contributed by atoms with Gasteiger partial charge in [-0.15, -0.1) is 11.3 Å². The van der Waals surface area contributed by atoms with Gasteiger partial charge in [-0.1, -0.05) is 35.0 Å². The summed E-state index contributed by atoms with van der Waals surface area (Å²) in [6, 6.07) is 11.1. The molecule has 7 nitrogen and oxygen atoms in total. The molecule has 0 saturated carbocycles. The molecular formula is C23H24ClN3O4S2. The number of sulfonamides is 1. The van der Waals surface area contributed by atoms with Crippen molar-refractivity contribution in [2.45, 2.75) is 31.2 Å². The lowest BCUT2D eigenvalue weighted by Gasteiger charge is -2.30. The maximum atomic E-state index is 13.3. The average Bonchev–Trinajstić information content (AvgIpc) is 3.47. The molecule has 1 aliphatic rings. The molecule has 1 aromatic carbocycles. The molecule has 0 atom stereocenters. The quantitative estimate of drug-likeness (QED) is 0.507. The molecule has 0 aliphatic carbocycles. The predicted octanol–water partition coefficient (Wildman–Crippen LogP) is 4.59. The number of nitrogens with zero attached hydrogens (tertiary/aromatic N) is 2. The van der Waals surface area contributed by atoms with Crippen LogP contribution in [0, 0.1) is 12.8 Å². The number of thiophene rings is 1. The Bertz CT molecular complexity index is 1230. The Balaban J connectivity index is 1.38. The van der Waals surface area contributed by atoms with Crippen LogP contribution in [-0.2, 0) is 21.4 Å². The van der Waals surface area contributed by atoms with E-state index in [1.807, 2.05) is 29.6 Å². The van der Waals surface area contributed by atoms with Crippen molar-refractivity contribution in [2.24, 2.45) is 5.92 Å². The third kappa shape index (κ3) is 5.55. The molecule has 0 radical (unpaired) electrons. The van der Waals surface area contributed by atoms with Gasteiger partial charge in [-0.05, 0) is 61.1 Å². The van der Waals surface area contributed by atoms with E-state index in [2.05, 4.69) is 10.5 Å². The monoisotopic (exact) mass is 505 g/mol. The Morgan fingerprint density at radius 3 is 2.64 bits per heavy atom. The summed E-state index contributed by atoms with van der Waals surface area (Å²) in [7, 11) is -3.79. The molecule has 3 aromatic rings. The summed E-state index contributed by atoms with van der Waals surface area (Å²) < 4.78 is 33.4. The van der Waals surface area contributed by atoms with Crippen LogP contribution in [0.25, 0.3) is 12.2 Å². The second kappa shape index (κ2) is 10.2. The normalized spacial score (nSPS) is 15.8. The summed E-state index contributed by atoms with van der Waals surface area (Å²) in [6.45, 7) is 2.56. The van der Waals surface area contributed by atoms with E-state index in [0.717, 1.165) is 10.4 Å². The van der Waals surface area contributed by atoms with Crippen LogP contribution < -0.4 is 5.32 Å². The molecule has 10 heteroatoms. The van der Waals surface area contributed by atoms with E-state index in [1.165, 1.54) is 4.31 Å². The maximum Gasteiger partial charge on any atom is 0.248 e. The number of carbonyl (C=O) groups is 1. The van der Waals surface area contributed by atoms with E-state index in [9.17, 15) is 13.2 Å². The van der Waals surface area contributed by atoms with Gasteiger partial charge in [-0.2, -0.15) is 4.31 Å². The molecule has 3 heterocycles. The minimum absolute atomic E-state index is 0.0669. The molecule has 1 N–H and O–H groups in total. The standard InChI is InChI=1S/C23H24ClN3O4S2/c1-16-22(21(31-26-16)9-8-20-3-2-14-32-20)33(29,30)27-12-10-18(11-13-27)23(28)25-15-17-4-6-19(24)7-5-17/h2-9,14,18H,10-13,15H2,1H3,(H,25,28)/b9-8+. The summed E-state index contributed by atoms with van der Waals surface area (Å²) in [5, 5.41) is 9.40. The number of amides is 1. The number of piperidine rings is 1. The Morgan fingerprint density at radius 2 is 1.97 bits per heavy atom. The topological polar surface area (TPSA) is 92.5 Å². The van der Waals surface area contributed by atoms with E-state index < -0.39 is 10.0 Å². The number of halogens is 1. The Kier molecular flexibility index (Phi) is 7.33. The molecule has 1 saturated heterocycles. The highest BCUT2D eigenvalue weighted by Crippen LogP contribution is 2.29. The molecule has 1 amide bonds. The van der Waals surface area contributed by atoms with E-state index >= 15 is 0 Å². The van der Waals surface area contributed by atoms with Crippen LogP contribution >= 0.6 is 22.9 Å². The van der Waals surface area contributed by atoms with Crippen LogP contribution in [0.1, 0.15) is 34.7 Å². The number of nitrogens with one attached hydrogen (secondary N) is 1. The van der Waals surface area contributed by atoms with Gasteiger partial charge in [0, 0.05) is 35.5 Å². The van der Waals surface area contributed by atoms with Crippen molar-refractivity contribution in [1.82, 2.24) is 14.8 Å². The zero-order valence-corrected chi connectivity index (χ0v) is 20.4. The largest absolute Gasteiger partial charge is 0.355 e. The van der Waals surface area contributed by atoms with Gasteiger partial charge in [0.1, 0.15) is 5.69 Å². The van der Waals surface area contributed by atoms with Crippen molar-refractivity contribution < 1.29 is 17.7 Å². The minimum atomic E-state index is -3.79. The van der Waals surface area contributed by atoms with Crippen molar-refractivity contribution in [3.05, 3.63) is 68.7 Å². The molecule has 2 aromatic heterocycles. The number of benzene rings is 1. The number of aromatic nitrogens is 1. The first-order valence-electron chi connectivity index (χ1n) is 10.5. The first-order valence-corrected chi connectivity index (χ1v) is 13.2. The number of hydrogen-bond acceptors (Lipinski definition) is 6. The number of hydrogen-bond donors (Lipinski definition) is 1. The van der Waals surface area contributed by atoms with Gasteiger partial charge in [0.05, 0.1) is 0 Å². The van der Waals surface area contributed by atoms with Crippen molar-refractivity contribution in [1.29, 1.82) is 0 Å². The fourth-order valence-electron chi connectivity index (χ4n) is 3.77. The number of rotatable bonds is 7. The zero-order chi connectivity index (χ0) is 23.4. The van der Waals surface area contributed by atoms with Crippen LogP contribution in [0.4, 0.5) is 0 Å². The van der Waals surface area contributed by atoms with Crippen LogP contribution in [0.5, 0.6) is 0 Å². The lowest BCUT2D eigenvalue weighted by Crippen LogP contribution is -2.43. The second-order valence-corrected chi connectivity index (χ2v) is 11.1. The van der Waals surface area contributed by atoms with E-state index in [-0.39, 0.29) is 35.6 Å². The van der Waals surface area contributed by atoms with Gasteiger partial charge < -0.3 is 9.84 Å². The SMILES string of the molecule is Cc1noc(/C=C/c2cccs2)c1S(=O)(=O)N1CCC(C(=O)NCc2ccc(Cl)cc2)CC1. The van der Waals surface area contributed by atoms with Gasteiger partial charge in [-0.3, -0.25) is 4.79 Å². The molecular weight excluding hydrogens is 482 g/mol. The fourth-order valence-corrected chi connectivity index (χ4v) is 6.23. The zero-order valence-electron chi connectivity index (χ0n) is 18.0. The Morgan fingerprint density at radius 1 is 1.24 bits per heavy atom. The third-order valence-corrected chi connectivity index (χ3v) is 8.73. The molecule has 0 spiro atoms. The minimum Gasteiger partial charge on any atom is -0.355 e. The lowest BCUT2D eigenvalue weighted by molar-refractivity contribution is -0.126. The molecule has 174 valence electrons. The lowest BCUT2D eigenvalue weighted by atomic mass is 9.97. The van der Waals surface area contributed by atoms with Crippen molar-refractivity contribution in [3.8, 4) is 0 Å². The predicted molar refractivity (Wildman–Crippen MR) is 129 cm³/mol. The summed E-state index contributed by atoms with van der Waals surface area (Å²) in [5.41, 5.74) is 1.28. The molecule has 1 fully saturated rings. The number of aryl methyl sites for hydroxylation is 1. The fraction of sp³-hybridized carbons (Fsp3) is 0.304. The highest BCUT2D eigenvalue weighted by Gasteiger charge is 2.35. The highest BCUT2D eigenvalue weighted by atomic mass is 35.5. The summed E-state index contributed by atoms with van der Waals surface area (Å²) >= 11 is 7.43. The Labute approximate surface area is 202 Å². The van der Waals surface area contributed by atoms with Crippen molar-refractivity contribution in [3.63, 3.8) is 0 Å². The average molecular weight is 506 g/mol.